The molecule has 0 aliphatic rings. The van der Waals surface area contributed by atoms with Gasteiger partial charge in [-0.3, -0.25) is 4.79 Å². The number of ketones is 1. The molecule has 7 nitrogen and oxygen atoms in total. The maximum absolute atomic E-state index is 12.9. The summed E-state index contributed by atoms with van der Waals surface area (Å²) in [6, 6.07) is 20.7. The van der Waals surface area contributed by atoms with Crippen LogP contribution in [0, 0.1) is 0 Å². The van der Waals surface area contributed by atoms with Crippen LogP contribution in [0.2, 0.25) is 0 Å². The summed E-state index contributed by atoms with van der Waals surface area (Å²) in [7, 11) is 0. The van der Waals surface area contributed by atoms with E-state index >= 15 is 0 Å². The molecule has 0 aliphatic carbocycles. The Hall–Kier alpha value is -4.13. The molecule has 35 heavy (non-hydrogen) atoms. The number of aryl methyl sites for hydroxylation is 1. The van der Waals surface area contributed by atoms with Gasteiger partial charge in [0.2, 0.25) is 11.6 Å². The summed E-state index contributed by atoms with van der Waals surface area (Å²) in [6.07, 6.45) is 5.68. The highest BCUT2D eigenvalue weighted by atomic mass is 16.4. The third-order valence-electron chi connectivity index (χ3n) is 5.82. The second kappa shape index (κ2) is 11.3. The molecule has 4 rings (SSSR count). The monoisotopic (exact) mass is 468 g/mol. The van der Waals surface area contributed by atoms with E-state index in [0.717, 1.165) is 48.2 Å². The predicted molar refractivity (Wildman–Crippen MR) is 133 cm³/mol. The lowest BCUT2D eigenvalue weighted by Crippen LogP contribution is -2.09. The third-order valence-corrected chi connectivity index (χ3v) is 5.82. The third kappa shape index (κ3) is 6.06. The first kappa shape index (κ1) is 24.0. The van der Waals surface area contributed by atoms with Gasteiger partial charge in [0.05, 0.1) is 6.54 Å². The molecule has 2 heterocycles. The molecule has 0 amide bonds. The standard InChI is InChI=1S/C28H28N4O3/c1-2-3-5-12-25-30-27(24(33)18-20-9-6-4-7-10-20)31-32(25)19-21-13-15-22(16-14-21)23-11-8-17-29-26(23)28(34)35/h4,6-11,13-17H,2-3,5,12,18-19H2,1H3,(H,34,35). The molecular formula is C28H28N4O3. The van der Waals surface area contributed by atoms with E-state index in [1.807, 2.05) is 59.3 Å². The fourth-order valence-electron chi connectivity index (χ4n) is 3.97. The van der Waals surface area contributed by atoms with Crippen LogP contribution < -0.4 is 0 Å². The van der Waals surface area contributed by atoms with Crippen LogP contribution in [-0.4, -0.2) is 36.6 Å². The van der Waals surface area contributed by atoms with Gasteiger partial charge in [0.25, 0.3) is 0 Å². The Morgan fingerprint density at radius 2 is 1.69 bits per heavy atom. The Bertz CT molecular complexity index is 1300. The van der Waals surface area contributed by atoms with Crippen molar-refractivity contribution in [3.05, 3.63) is 101 Å². The molecule has 0 spiro atoms. The number of hydrogen-bond acceptors (Lipinski definition) is 5. The van der Waals surface area contributed by atoms with Crippen molar-refractivity contribution in [3.8, 4) is 11.1 Å². The van der Waals surface area contributed by atoms with Crippen molar-refractivity contribution in [1.82, 2.24) is 19.7 Å². The highest BCUT2D eigenvalue weighted by molar-refractivity contribution is 5.94. The van der Waals surface area contributed by atoms with Gasteiger partial charge in [0, 0.05) is 24.6 Å². The Morgan fingerprint density at radius 1 is 0.914 bits per heavy atom. The molecule has 1 N–H and O–H groups in total. The zero-order valence-electron chi connectivity index (χ0n) is 19.7. The first-order chi connectivity index (χ1) is 17.0. The summed E-state index contributed by atoms with van der Waals surface area (Å²) >= 11 is 0. The molecule has 0 bridgehead atoms. The lowest BCUT2D eigenvalue weighted by atomic mass is 10.0. The number of nitrogens with zero attached hydrogens (tertiary/aromatic N) is 4. The molecular weight excluding hydrogens is 440 g/mol. The van der Waals surface area contributed by atoms with E-state index in [1.165, 1.54) is 6.20 Å². The number of pyridine rings is 1. The van der Waals surface area contributed by atoms with Crippen molar-refractivity contribution in [3.63, 3.8) is 0 Å². The molecule has 2 aromatic heterocycles. The number of carboxylic acid groups (broad SMARTS) is 1. The molecule has 0 aliphatic heterocycles. The Morgan fingerprint density at radius 3 is 2.40 bits per heavy atom. The lowest BCUT2D eigenvalue weighted by molar-refractivity contribution is 0.0691. The fourth-order valence-corrected chi connectivity index (χ4v) is 3.97. The number of aromatic carboxylic acids is 1. The maximum atomic E-state index is 12.9. The van der Waals surface area contributed by atoms with Crippen LogP contribution in [0.25, 0.3) is 11.1 Å². The van der Waals surface area contributed by atoms with Crippen molar-refractivity contribution in [1.29, 1.82) is 0 Å². The molecule has 2 aromatic carbocycles. The van der Waals surface area contributed by atoms with Crippen LogP contribution in [0.1, 0.15) is 64.2 Å². The highest BCUT2D eigenvalue weighted by Gasteiger charge is 2.17. The van der Waals surface area contributed by atoms with Crippen LogP contribution in [0.4, 0.5) is 0 Å². The summed E-state index contributed by atoms with van der Waals surface area (Å²) in [5.41, 5.74) is 3.30. The number of carbonyl (C=O) groups is 2. The van der Waals surface area contributed by atoms with E-state index in [-0.39, 0.29) is 23.7 Å². The normalized spacial score (nSPS) is 10.9. The highest BCUT2D eigenvalue weighted by Crippen LogP contribution is 2.23. The molecule has 0 saturated heterocycles. The summed E-state index contributed by atoms with van der Waals surface area (Å²) in [4.78, 5) is 33.0. The second-order valence-corrected chi connectivity index (χ2v) is 8.45. The molecule has 0 atom stereocenters. The van der Waals surface area contributed by atoms with Crippen molar-refractivity contribution < 1.29 is 14.7 Å². The van der Waals surface area contributed by atoms with Crippen molar-refractivity contribution in [2.75, 3.05) is 0 Å². The minimum Gasteiger partial charge on any atom is -0.476 e. The van der Waals surface area contributed by atoms with E-state index in [9.17, 15) is 14.7 Å². The molecule has 0 unspecified atom stereocenters. The predicted octanol–water partition coefficient (Wildman–Crippen LogP) is 5.24. The van der Waals surface area contributed by atoms with E-state index in [4.69, 9.17) is 0 Å². The van der Waals surface area contributed by atoms with Gasteiger partial charge in [-0.25, -0.2) is 19.4 Å². The van der Waals surface area contributed by atoms with Crippen LogP contribution >= 0.6 is 0 Å². The molecule has 0 saturated carbocycles. The first-order valence-corrected chi connectivity index (χ1v) is 11.8. The Kier molecular flexibility index (Phi) is 7.77. The number of carbonyl (C=O) groups excluding carboxylic acids is 1. The van der Waals surface area contributed by atoms with Gasteiger partial charge in [0.15, 0.2) is 5.69 Å². The number of hydrogen-bond donors (Lipinski definition) is 1. The number of Topliss-reactive ketones (excluding diaryl/α,β-unsaturated/α-hetero) is 1. The van der Waals surface area contributed by atoms with Crippen molar-refractivity contribution in [2.24, 2.45) is 0 Å². The van der Waals surface area contributed by atoms with Gasteiger partial charge < -0.3 is 5.11 Å². The maximum Gasteiger partial charge on any atom is 0.355 e. The number of carboxylic acids is 1. The zero-order chi connectivity index (χ0) is 24.6. The van der Waals surface area contributed by atoms with Gasteiger partial charge in [-0.1, -0.05) is 80.4 Å². The number of unbranched alkanes of at least 4 members (excludes halogenated alkanes) is 2. The quantitative estimate of drug-likeness (QED) is 0.239. The van der Waals surface area contributed by atoms with Crippen LogP contribution in [0.3, 0.4) is 0 Å². The Labute approximate surface area is 204 Å². The summed E-state index contributed by atoms with van der Waals surface area (Å²) in [5, 5.41) is 14.0. The van der Waals surface area contributed by atoms with Crippen LogP contribution in [-0.2, 0) is 19.4 Å². The SMILES string of the molecule is CCCCCc1nc(C(=O)Cc2ccccc2)nn1Cc1ccc(-c2cccnc2C(=O)O)cc1. The Balaban J connectivity index is 1.55. The fraction of sp³-hybridized carbons (Fsp3) is 0.250. The van der Waals surface area contributed by atoms with Crippen LogP contribution in [0.5, 0.6) is 0 Å². The summed E-state index contributed by atoms with van der Waals surface area (Å²) < 4.78 is 1.82. The lowest BCUT2D eigenvalue weighted by Gasteiger charge is -2.08. The van der Waals surface area contributed by atoms with Gasteiger partial charge in [-0.15, -0.1) is 5.10 Å². The largest absolute Gasteiger partial charge is 0.476 e. The summed E-state index contributed by atoms with van der Waals surface area (Å²) in [6.45, 7) is 2.63. The zero-order valence-corrected chi connectivity index (χ0v) is 19.7. The minimum absolute atomic E-state index is 0.0244. The summed E-state index contributed by atoms with van der Waals surface area (Å²) in [5.74, 6) is -0.102. The number of rotatable bonds is 11. The van der Waals surface area contributed by atoms with Gasteiger partial charge in [0.1, 0.15) is 5.82 Å². The van der Waals surface area contributed by atoms with E-state index in [2.05, 4.69) is 22.0 Å². The second-order valence-electron chi connectivity index (χ2n) is 8.45. The smallest absolute Gasteiger partial charge is 0.355 e. The average Bonchev–Trinajstić information content (AvgIpc) is 3.28. The van der Waals surface area contributed by atoms with Gasteiger partial charge in [-0.05, 0) is 29.2 Å². The topological polar surface area (TPSA) is 98.0 Å². The molecule has 7 heteroatoms. The average molecular weight is 469 g/mol. The number of aromatic nitrogens is 4. The first-order valence-electron chi connectivity index (χ1n) is 11.8. The molecule has 178 valence electrons. The minimum atomic E-state index is -1.06. The van der Waals surface area contributed by atoms with Crippen LogP contribution in [0.15, 0.2) is 72.9 Å². The molecule has 0 fully saturated rings. The van der Waals surface area contributed by atoms with Crippen molar-refractivity contribution >= 4 is 11.8 Å². The van der Waals surface area contributed by atoms with E-state index in [1.54, 1.807) is 12.1 Å². The molecule has 4 aromatic rings. The van der Waals surface area contributed by atoms with Gasteiger partial charge in [-0.2, -0.15) is 0 Å². The van der Waals surface area contributed by atoms with E-state index in [0.29, 0.717) is 12.1 Å². The molecule has 0 radical (unpaired) electrons. The van der Waals surface area contributed by atoms with Crippen molar-refractivity contribution in [2.45, 2.75) is 45.6 Å². The van der Waals surface area contributed by atoms with E-state index < -0.39 is 5.97 Å². The van der Waals surface area contributed by atoms with Gasteiger partial charge >= 0.3 is 5.97 Å². The number of benzene rings is 2.